The van der Waals surface area contributed by atoms with Crippen LogP contribution in [0.4, 0.5) is 4.39 Å². The van der Waals surface area contributed by atoms with Gasteiger partial charge in [0.15, 0.2) is 0 Å². The molecule has 0 saturated carbocycles. The summed E-state index contributed by atoms with van der Waals surface area (Å²) in [4.78, 5) is 18.2. The van der Waals surface area contributed by atoms with Gasteiger partial charge in [0.2, 0.25) is 11.7 Å². The number of benzene rings is 1. The maximum absolute atomic E-state index is 13.0. The van der Waals surface area contributed by atoms with Crippen molar-refractivity contribution >= 4 is 5.97 Å². The van der Waals surface area contributed by atoms with E-state index in [1.165, 1.54) is 19.2 Å². The molecular weight excluding hydrogens is 301 g/mol. The van der Waals surface area contributed by atoms with Crippen LogP contribution in [-0.4, -0.2) is 40.7 Å². The molecule has 1 aliphatic heterocycles. The van der Waals surface area contributed by atoms with E-state index in [4.69, 9.17) is 9.26 Å². The number of aromatic nitrogens is 2. The van der Waals surface area contributed by atoms with Crippen molar-refractivity contribution in [1.82, 2.24) is 15.0 Å². The van der Waals surface area contributed by atoms with Crippen molar-refractivity contribution in [3.8, 4) is 11.4 Å². The van der Waals surface area contributed by atoms with Gasteiger partial charge >= 0.3 is 5.97 Å². The van der Waals surface area contributed by atoms with Gasteiger partial charge in [0.05, 0.1) is 13.7 Å². The van der Waals surface area contributed by atoms with E-state index in [0.29, 0.717) is 23.8 Å². The summed E-state index contributed by atoms with van der Waals surface area (Å²) in [6, 6.07) is 5.63. The number of hydrogen-bond donors (Lipinski definition) is 0. The third-order valence-electron chi connectivity index (χ3n) is 4.00. The Morgan fingerprint density at radius 3 is 2.91 bits per heavy atom. The molecule has 0 bridgehead atoms. The van der Waals surface area contributed by atoms with Crippen LogP contribution in [0.1, 0.15) is 25.2 Å². The van der Waals surface area contributed by atoms with Crippen LogP contribution in [0.25, 0.3) is 11.4 Å². The number of ether oxygens (including phenoxy) is 1. The molecule has 1 aromatic carbocycles. The Morgan fingerprint density at radius 2 is 2.17 bits per heavy atom. The number of methoxy groups -OCH3 is 1. The van der Waals surface area contributed by atoms with Gasteiger partial charge in [0, 0.05) is 5.56 Å². The highest BCUT2D eigenvalue weighted by Crippen LogP contribution is 2.22. The number of carbonyl (C=O) groups is 1. The lowest BCUT2D eigenvalue weighted by molar-refractivity contribution is -0.148. The normalized spacial score (nSPS) is 18.8. The van der Waals surface area contributed by atoms with Gasteiger partial charge < -0.3 is 9.26 Å². The monoisotopic (exact) mass is 319 g/mol. The molecule has 7 heteroatoms. The van der Waals surface area contributed by atoms with E-state index < -0.39 is 0 Å². The summed E-state index contributed by atoms with van der Waals surface area (Å²) in [6.07, 6.45) is 2.79. The molecular formula is C16H18FN3O3. The molecule has 0 radical (unpaired) electrons. The van der Waals surface area contributed by atoms with Crippen molar-refractivity contribution in [1.29, 1.82) is 0 Å². The number of esters is 1. The Bertz CT molecular complexity index is 671. The van der Waals surface area contributed by atoms with Crippen LogP contribution in [0.5, 0.6) is 0 Å². The molecule has 0 N–H and O–H groups in total. The van der Waals surface area contributed by atoms with Gasteiger partial charge in [-0.1, -0.05) is 11.6 Å². The fraction of sp³-hybridized carbons (Fsp3) is 0.438. The van der Waals surface area contributed by atoms with Crippen molar-refractivity contribution < 1.29 is 18.4 Å². The Hall–Kier alpha value is -2.28. The smallest absolute Gasteiger partial charge is 0.323 e. The van der Waals surface area contributed by atoms with E-state index in [2.05, 4.69) is 10.1 Å². The molecule has 1 aliphatic rings. The van der Waals surface area contributed by atoms with E-state index >= 15 is 0 Å². The van der Waals surface area contributed by atoms with Gasteiger partial charge in [0.25, 0.3) is 0 Å². The molecule has 1 aromatic heterocycles. The molecule has 122 valence electrons. The van der Waals surface area contributed by atoms with E-state index in [0.717, 1.165) is 25.8 Å². The molecule has 0 aliphatic carbocycles. The van der Waals surface area contributed by atoms with E-state index in [-0.39, 0.29) is 17.8 Å². The molecule has 0 amide bonds. The molecule has 23 heavy (non-hydrogen) atoms. The van der Waals surface area contributed by atoms with Crippen molar-refractivity contribution in [2.24, 2.45) is 0 Å². The summed E-state index contributed by atoms with van der Waals surface area (Å²) >= 11 is 0. The number of carbonyl (C=O) groups excluding carboxylic acids is 1. The van der Waals surface area contributed by atoms with Crippen molar-refractivity contribution in [3.63, 3.8) is 0 Å². The highest BCUT2D eigenvalue weighted by Gasteiger charge is 2.30. The minimum Gasteiger partial charge on any atom is -0.468 e. The number of piperidine rings is 1. The van der Waals surface area contributed by atoms with Gasteiger partial charge in [-0.15, -0.1) is 0 Å². The fourth-order valence-electron chi connectivity index (χ4n) is 2.79. The van der Waals surface area contributed by atoms with E-state index in [1.807, 2.05) is 4.90 Å². The fourth-order valence-corrected chi connectivity index (χ4v) is 2.79. The highest BCUT2D eigenvalue weighted by atomic mass is 19.1. The van der Waals surface area contributed by atoms with Gasteiger partial charge in [-0.2, -0.15) is 4.98 Å². The zero-order valence-corrected chi connectivity index (χ0v) is 12.9. The largest absolute Gasteiger partial charge is 0.468 e. The predicted octanol–water partition coefficient (Wildman–Crippen LogP) is 2.40. The SMILES string of the molecule is COC(=O)[C@@H]1CCCCN1Cc1nc(-c2ccc(F)cc2)no1. The highest BCUT2D eigenvalue weighted by molar-refractivity contribution is 5.75. The lowest BCUT2D eigenvalue weighted by atomic mass is 10.0. The van der Waals surface area contributed by atoms with Gasteiger partial charge in [-0.05, 0) is 43.7 Å². The minimum atomic E-state index is -0.313. The first-order valence-electron chi connectivity index (χ1n) is 7.58. The Morgan fingerprint density at radius 1 is 1.39 bits per heavy atom. The van der Waals surface area contributed by atoms with Crippen molar-refractivity contribution in [2.75, 3.05) is 13.7 Å². The van der Waals surface area contributed by atoms with Crippen LogP contribution in [0, 0.1) is 5.82 Å². The van der Waals surface area contributed by atoms with Crippen LogP contribution in [0.3, 0.4) is 0 Å². The summed E-state index contributed by atoms with van der Waals surface area (Å²) in [6.45, 7) is 1.18. The second-order valence-corrected chi connectivity index (χ2v) is 5.52. The van der Waals surface area contributed by atoms with E-state index in [1.54, 1.807) is 12.1 Å². The lowest BCUT2D eigenvalue weighted by Crippen LogP contribution is -2.44. The first kappa shape index (κ1) is 15.6. The maximum Gasteiger partial charge on any atom is 0.323 e. The quantitative estimate of drug-likeness (QED) is 0.806. The minimum absolute atomic E-state index is 0.233. The predicted molar refractivity (Wildman–Crippen MR) is 79.8 cm³/mol. The molecule has 1 fully saturated rings. The molecule has 6 nitrogen and oxygen atoms in total. The van der Waals surface area contributed by atoms with Crippen molar-refractivity contribution in [2.45, 2.75) is 31.8 Å². The van der Waals surface area contributed by atoms with Crippen LogP contribution >= 0.6 is 0 Å². The molecule has 1 atom stereocenters. The number of likely N-dealkylation sites (tertiary alicyclic amines) is 1. The summed E-state index contributed by atoms with van der Waals surface area (Å²) < 4.78 is 23.1. The standard InChI is InChI=1S/C16H18FN3O3/c1-22-16(21)13-4-2-3-9-20(13)10-14-18-15(19-23-14)11-5-7-12(17)8-6-11/h5-8,13H,2-4,9-10H2,1H3/t13-/m0/s1. The number of rotatable bonds is 4. The summed E-state index contributed by atoms with van der Waals surface area (Å²) in [7, 11) is 1.40. The zero-order chi connectivity index (χ0) is 16.2. The first-order chi connectivity index (χ1) is 11.2. The van der Waals surface area contributed by atoms with Crippen LogP contribution < -0.4 is 0 Å². The summed E-state index contributed by atoms with van der Waals surface area (Å²) in [5, 5.41) is 3.92. The summed E-state index contributed by atoms with van der Waals surface area (Å²) in [5.41, 5.74) is 0.685. The van der Waals surface area contributed by atoms with Gasteiger partial charge in [-0.25, -0.2) is 4.39 Å². The van der Waals surface area contributed by atoms with E-state index in [9.17, 15) is 9.18 Å². The molecule has 2 heterocycles. The topological polar surface area (TPSA) is 68.5 Å². The molecule has 2 aromatic rings. The summed E-state index contributed by atoms with van der Waals surface area (Å²) in [5.74, 6) is 0.293. The lowest BCUT2D eigenvalue weighted by Gasteiger charge is -2.32. The van der Waals surface area contributed by atoms with Crippen molar-refractivity contribution in [3.05, 3.63) is 36.0 Å². The number of nitrogens with zero attached hydrogens (tertiary/aromatic N) is 3. The van der Waals surface area contributed by atoms with Gasteiger partial charge in [-0.3, -0.25) is 9.69 Å². The number of halogens is 1. The molecule has 1 saturated heterocycles. The first-order valence-corrected chi connectivity index (χ1v) is 7.58. The second-order valence-electron chi connectivity index (χ2n) is 5.52. The average molecular weight is 319 g/mol. The van der Waals surface area contributed by atoms with Crippen LogP contribution in [0.15, 0.2) is 28.8 Å². The number of hydrogen-bond acceptors (Lipinski definition) is 6. The zero-order valence-electron chi connectivity index (χ0n) is 12.9. The molecule has 3 rings (SSSR count). The Labute approximate surface area is 133 Å². The third-order valence-corrected chi connectivity index (χ3v) is 4.00. The molecule has 0 unspecified atom stereocenters. The van der Waals surface area contributed by atoms with Gasteiger partial charge in [0.1, 0.15) is 11.9 Å². The Kier molecular flexibility index (Phi) is 4.66. The average Bonchev–Trinajstić information content (AvgIpc) is 3.04. The Balaban J connectivity index is 1.72. The second kappa shape index (κ2) is 6.87. The van der Waals surface area contributed by atoms with Crippen LogP contribution in [-0.2, 0) is 16.1 Å². The van der Waals surface area contributed by atoms with Crippen LogP contribution in [0.2, 0.25) is 0 Å². The maximum atomic E-state index is 13.0. The third kappa shape index (κ3) is 3.56. The molecule has 0 spiro atoms.